The van der Waals surface area contributed by atoms with Gasteiger partial charge in [-0.2, -0.15) is 5.48 Å². The fourth-order valence-corrected chi connectivity index (χ4v) is 2.54. The highest BCUT2D eigenvalue weighted by atomic mass is 35.5. The molecule has 3 unspecified atom stereocenters. The molecule has 3 atom stereocenters. The lowest BCUT2D eigenvalue weighted by Crippen LogP contribution is -2.27. The van der Waals surface area contributed by atoms with Crippen LogP contribution < -0.4 is 5.48 Å². The maximum absolute atomic E-state index is 13.6. The van der Waals surface area contributed by atoms with E-state index in [-0.39, 0.29) is 17.8 Å². The van der Waals surface area contributed by atoms with E-state index in [1.54, 1.807) is 19.2 Å². The molecule has 0 heterocycles. The Morgan fingerprint density at radius 1 is 1.56 bits per heavy atom. The number of hydroxylamine groups is 1. The summed E-state index contributed by atoms with van der Waals surface area (Å²) >= 11 is 6.02. The van der Waals surface area contributed by atoms with E-state index in [1.165, 1.54) is 6.07 Å². The molecule has 0 aliphatic heterocycles. The van der Waals surface area contributed by atoms with Gasteiger partial charge in [0.25, 0.3) is 0 Å². The molecule has 0 amide bonds. The van der Waals surface area contributed by atoms with Crippen LogP contribution in [0.1, 0.15) is 24.8 Å². The van der Waals surface area contributed by atoms with Gasteiger partial charge in [-0.1, -0.05) is 17.7 Å². The van der Waals surface area contributed by atoms with Crippen LogP contribution in [-0.2, 0) is 4.84 Å². The van der Waals surface area contributed by atoms with E-state index in [0.29, 0.717) is 16.5 Å². The molecule has 1 saturated carbocycles. The van der Waals surface area contributed by atoms with Crippen molar-refractivity contribution in [2.24, 2.45) is 5.92 Å². The van der Waals surface area contributed by atoms with Gasteiger partial charge in [0, 0.05) is 16.6 Å². The molecule has 0 radical (unpaired) electrons. The third-order valence-corrected chi connectivity index (χ3v) is 3.49. The molecule has 1 aromatic rings. The third kappa shape index (κ3) is 2.21. The van der Waals surface area contributed by atoms with Crippen LogP contribution in [0.5, 0.6) is 0 Å². The minimum Gasteiger partial charge on any atom is -0.305 e. The fourth-order valence-electron chi connectivity index (χ4n) is 2.24. The number of hydrogen-bond acceptors (Lipinski definition) is 2. The van der Waals surface area contributed by atoms with Crippen molar-refractivity contribution in [3.05, 3.63) is 34.6 Å². The Morgan fingerprint density at radius 2 is 2.31 bits per heavy atom. The van der Waals surface area contributed by atoms with Crippen molar-refractivity contribution in [3.8, 4) is 0 Å². The Morgan fingerprint density at radius 3 is 2.94 bits per heavy atom. The first kappa shape index (κ1) is 11.8. The van der Waals surface area contributed by atoms with E-state index in [9.17, 15) is 4.39 Å². The molecule has 0 spiro atoms. The molecule has 0 saturated heterocycles. The average molecular weight is 244 g/mol. The molecule has 1 aromatic carbocycles. The number of nitrogens with one attached hydrogen (secondary N) is 1. The molecule has 2 rings (SSSR count). The maximum atomic E-state index is 13.6. The van der Waals surface area contributed by atoms with E-state index in [1.807, 2.05) is 6.92 Å². The normalized spacial score (nSPS) is 25.5. The Balaban J connectivity index is 2.11. The van der Waals surface area contributed by atoms with E-state index >= 15 is 0 Å². The molecule has 1 fully saturated rings. The predicted molar refractivity (Wildman–Crippen MR) is 61.9 cm³/mol. The Hall–Kier alpha value is -0.640. The summed E-state index contributed by atoms with van der Waals surface area (Å²) < 4.78 is 13.6. The van der Waals surface area contributed by atoms with Crippen LogP contribution in [0.4, 0.5) is 4.39 Å². The third-order valence-electron chi connectivity index (χ3n) is 3.16. The Labute approximate surface area is 99.7 Å². The largest absolute Gasteiger partial charge is 0.305 e. The zero-order valence-electron chi connectivity index (χ0n) is 9.34. The van der Waals surface area contributed by atoms with E-state index in [2.05, 4.69) is 5.48 Å². The maximum Gasteiger partial charge on any atom is 0.128 e. The highest BCUT2D eigenvalue weighted by molar-refractivity contribution is 6.31. The molecule has 1 aliphatic rings. The second-order valence-electron chi connectivity index (χ2n) is 4.25. The van der Waals surface area contributed by atoms with E-state index < -0.39 is 0 Å². The SMILES string of the molecule is CONC(C)C1CC1c1c(F)cccc1Cl. The van der Waals surface area contributed by atoms with Crippen LogP contribution >= 0.6 is 11.6 Å². The van der Waals surface area contributed by atoms with Gasteiger partial charge < -0.3 is 4.84 Å². The minimum absolute atomic E-state index is 0.204. The lowest BCUT2D eigenvalue weighted by molar-refractivity contribution is 0.0590. The summed E-state index contributed by atoms with van der Waals surface area (Å²) in [4.78, 5) is 4.87. The van der Waals surface area contributed by atoms with Gasteiger partial charge in [0.1, 0.15) is 5.82 Å². The van der Waals surface area contributed by atoms with Gasteiger partial charge in [0.05, 0.1) is 7.11 Å². The highest BCUT2D eigenvalue weighted by Crippen LogP contribution is 2.52. The summed E-state index contributed by atoms with van der Waals surface area (Å²) in [5, 5.41) is 0.525. The van der Waals surface area contributed by atoms with Crippen molar-refractivity contribution in [3.63, 3.8) is 0 Å². The number of rotatable bonds is 4. The van der Waals surface area contributed by atoms with Crippen molar-refractivity contribution in [1.29, 1.82) is 0 Å². The lowest BCUT2D eigenvalue weighted by atomic mass is 10.1. The van der Waals surface area contributed by atoms with Gasteiger partial charge >= 0.3 is 0 Å². The molecular weight excluding hydrogens is 229 g/mol. The standard InChI is InChI=1S/C12H15ClFNO/c1-7(15-16-2)8-6-9(8)12-10(13)4-3-5-11(12)14/h3-5,7-9,15H,6H2,1-2H3. The summed E-state index contributed by atoms with van der Waals surface area (Å²) in [5.41, 5.74) is 3.53. The first-order chi connectivity index (χ1) is 7.65. The van der Waals surface area contributed by atoms with Gasteiger partial charge in [0.2, 0.25) is 0 Å². The van der Waals surface area contributed by atoms with Gasteiger partial charge in [-0.25, -0.2) is 4.39 Å². The minimum atomic E-state index is -0.204. The van der Waals surface area contributed by atoms with Gasteiger partial charge in [-0.05, 0) is 37.3 Å². The summed E-state index contributed by atoms with van der Waals surface area (Å²) in [6.45, 7) is 2.03. The van der Waals surface area contributed by atoms with Crippen molar-refractivity contribution in [2.45, 2.75) is 25.3 Å². The van der Waals surface area contributed by atoms with Crippen LogP contribution in [0.25, 0.3) is 0 Å². The smallest absolute Gasteiger partial charge is 0.128 e. The predicted octanol–water partition coefficient (Wildman–Crippen LogP) is 3.12. The number of hydrogen-bond donors (Lipinski definition) is 1. The van der Waals surface area contributed by atoms with Crippen LogP contribution in [0.15, 0.2) is 18.2 Å². The van der Waals surface area contributed by atoms with Gasteiger partial charge in [-0.15, -0.1) is 0 Å². The molecule has 1 N–H and O–H groups in total. The van der Waals surface area contributed by atoms with Crippen LogP contribution in [0.2, 0.25) is 5.02 Å². The Bertz CT molecular complexity index is 365. The molecule has 1 aliphatic carbocycles. The molecule has 0 bridgehead atoms. The van der Waals surface area contributed by atoms with Crippen LogP contribution in [-0.4, -0.2) is 13.2 Å². The quantitative estimate of drug-likeness (QED) is 0.821. The second-order valence-corrected chi connectivity index (χ2v) is 4.66. The van der Waals surface area contributed by atoms with Gasteiger partial charge in [-0.3, -0.25) is 0 Å². The van der Waals surface area contributed by atoms with Crippen molar-refractivity contribution in [2.75, 3.05) is 7.11 Å². The zero-order valence-corrected chi connectivity index (χ0v) is 10.1. The lowest BCUT2D eigenvalue weighted by Gasteiger charge is -2.12. The number of benzene rings is 1. The first-order valence-electron chi connectivity index (χ1n) is 5.37. The Kier molecular flexibility index (Phi) is 3.47. The van der Waals surface area contributed by atoms with Crippen LogP contribution in [0.3, 0.4) is 0 Å². The molecule has 2 nitrogen and oxygen atoms in total. The van der Waals surface area contributed by atoms with Crippen molar-refractivity contribution in [1.82, 2.24) is 5.48 Å². The monoisotopic (exact) mass is 243 g/mol. The van der Waals surface area contributed by atoms with Gasteiger partial charge in [0.15, 0.2) is 0 Å². The first-order valence-corrected chi connectivity index (χ1v) is 5.75. The highest BCUT2D eigenvalue weighted by Gasteiger charge is 2.44. The van der Waals surface area contributed by atoms with E-state index in [0.717, 1.165) is 6.42 Å². The average Bonchev–Trinajstić information content (AvgIpc) is 2.98. The second kappa shape index (κ2) is 4.70. The summed E-state index contributed by atoms with van der Waals surface area (Å²) in [6, 6.07) is 5.05. The molecular formula is C12H15ClFNO. The number of halogens is 2. The van der Waals surface area contributed by atoms with Crippen LogP contribution in [0, 0.1) is 11.7 Å². The molecule has 4 heteroatoms. The summed E-state index contributed by atoms with van der Waals surface area (Å²) in [7, 11) is 1.59. The molecule has 88 valence electrons. The zero-order chi connectivity index (χ0) is 11.7. The molecule has 0 aromatic heterocycles. The summed E-state index contributed by atoms with van der Waals surface area (Å²) in [5.74, 6) is 0.408. The van der Waals surface area contributed by atoms with E-state index in [4.69, 9.17) is 16.4 Å². The van der Waals surface area contributed by atoms with Crippen molar-refractivity contribution >= 4 is 11.6 Å². The van der Waals surface area contributed by atoms with Crippen molar-refractivity contribution < 1.29 is 9.23 Å². The fraction of sp³-hybridized carbons (Fsp3) is 0.500. The topological polar surface area (TPSA) is 21.3 Å². The summed E-state index contributed by atoms with van der Waals surface area (Å²) in [6.07, 6.45) is 0.957. The molecule has 16 heavy (non-hydrogen) atoms.